The van der Waals surface area contributed by atoms with Gasteiger partial charge in [0.1, 0.15) is 0 Å². The lowest BCUT2D eigenvalue weighted by molar-refractivity contribution is -0.0646. The van der Waals surface area contributed by atoms with Crippen molar-refractivity contribution in [2.24, 2.45) is 29.1 Å². The fourth-order valence-corrected chi connectivity index (χ4v) is 5.55. The van der Waals surface area contributed by atoms with E-state index >= 15 is 0 Å². The van der Waals surface area contributed by atoms with Crippen LogP contribution in [0.4, 0.5) is 0 Å². The molecule has 0 radical (unpaired) electrons. The zero-order valence-corrected chi connectivity index (χ0v) is 10.1. The molecular formula is C14H24O. The topological polar surface area (TPSA) is 20.2 Å². The van der Waals surface area contributed by atoms with Crippen molar-refractivity contribution < 1.29 is 5.11 Å². The first-order chi connectivity index (χ1) is 7.24. The normalized spacial score (nSPS) is 51.0. The van der Waals surface area contributed by atoms with Crippen molar-refractivity contribution in [1.82, 2.24) is 0 Å². The van der Waals surface area contributed by atoms with Crippen molar-refractivity contribution in [3.8, 4) is 0 Å². The van der Waals surface area contributed by atoms with E-state index in [-0.39, 0.29) is 6.10 Å². The van der Waals surface area contributed by atoms with Gasteiger partial charge < -0.3 is 5.11 Å². The van der Waals surface area contributed by atoms with Crippen LogP contribution in [0.25, 0.3) is 0 Å². The Hall–Kier alpha value is -0.0400. The van der Waals surface area contributed by atoms with Gasteiger partial charge in [-0.25, -0.2) is 0 Å². The summed E-state index contributed by atoms with van der Waals surface area (Å²) < 4.78 is 0. The molecule has 3 fully saturated rings. The second-order valence-electron chi connectivity index (χ2n) is 6.15. The Morgan fingerprint density at radius 1 is 1.07 bits per heavy atom. The zero-order valence-electron chi connectivity index (χ0n) is 10.1. The van der Waals surface area contributed by atoms with E-state index in [4.69, 9.17) is 0 Å². The first-order valence-corrected chi connectivity index (χ1v) is 6.92. The molecule has 0 aliphatic heterocycles. The highest BCUT2D eigenvalue weighted by Crippen LogP contribution is 2.67. The Morgan fingerprint density at radius 2 is 1.73 bits per heavy atom. The number of hydrogen-bond acceptors (Lipinski definition) is 1. The molecule has 3 aliphatic rings. The lowest BCUT2D eigenvalue weighted by atomic mass is 9.61. The highest BCUT2D eigenvalue weighted by Gasteiger charge is 2.64. The van der Waals surface area contributed by atoms with Crippen LogP contribution in [-0.4, -0.2) is 11.2 Å². The van der Waals surface area contributed by atoms with Crippen molar-refractivity contribution >= 4 is 0 Å². The van der Waals surface area contributed by atoms with Gasteiger partial charge in [-0.1, -0.05) is 20.3 Å². The van der Waals surface area contributed by atoms with Crippen molar-refractivity contribution in [3.63, 3.8) is 0 Å². The van der Waals surface area contributed by atoms with E-state index in [9.17, 15) is 5.11 Å². The Labute approximate surface area is 93.3 Å². The van der Waals surface area contributed by atoms with Gasteiger partial charge >= 0.3 is 0 Å². The fraction of sp³-hybridized carbons (Fsp3) is 1.00. The molecule has 2 bridgehead atoms. The summed E-state index contributed by atoms with van der Waals surface area (Å²) in [5.74, 6) is 3.41. The van der Waals surface area contributed by atoms with E-state index in [0.717, 1.165) is 17.8 Å². The molecule has 15 heavy (non-hydrogen) atoms. The van der Waals surface area contributed by atoms with Gasteiger partial charge in [-0.15, -0.1) is 0 Å². The second-order valence-corrected chi connectivity index (χ2v) is 6.15. The molecule has 3 rings (SSSR count). The molecule has 0 heterocycles. The van der Waals surface area contributed by atoms with Crippen LogP contribution in [0.5, 0.6) is 0 Å². The molecule has 1 nitrogen and oxygen atoms in total. The summed E-state index contributed by atoms with van der Waals surface area (Å²) in [6.45, 7) is 4.58. The minimum atomic E-state index is 0.0249. The van der Waals surface area contributed by atoms with E-state index in [1.165, 1.54) is 38.5 Å². The first-order valence-electron chi connectivity index (χ1n) is 6.92. The van der Waals surface area contributed by atoms with Crippen LogP contribution in [0.1, 0.15) is 52.4 Å². The third-order valence-electron chi connectivity index (χ3n) is 6.27. The SMILES string of the molecule is CCC1(CC)C(O)C2CC1C1CCCC21. The summed E-state index contributed by atoms with van der Waals surface area (Å²) in [4.78, 5) is 0. The van der Waals surface area contributed by atoms with Crippen molar-refractivity contribution in [2.75, 3.05) is 0 Å². The van der Waals surface area contributed by atoms with Crippen LogP contribution < -0.4 is 0 Å². The van der Waals surface area contributed by atoms with E-state index in [1.807, 2.05) is 0 Å². The molecule has 0 amide bonds. The molecule has 0 aromatic carbocycles. The molecule has 0 aromatic heterocycles. The highest BCUT2D eigenvalue weighted by atomic mass is 16.3. The summed E-state index contributed by atoms with van der Waals surface area (Å²) >= 11 is 0. The average Bonchev–Trinajstić information content (AvgIpc) is 2.87. The number of fused-ring (bicyclic) bond motifs is 5. The summed E-state index contributed by atoms with van der Waals surface area (Å²) in [5.41, 5.74) is 0.302. The van der Waals surface area contributed by atoms with Gasteiger partial charge in [0.15, 0.2) is 0 Å². The van der Waals surface area contributed by atoms with Crippen molar-refractivity contribution in [1.29, 1.82) is 0 Å². The van der Waals surface area contributed by atoms with Gasteiger partial charge in [0.2, 0.25) is 0 Å². The molecular weight excluding hydrogens is 184 g/mol. The molecule has 0 spiro atoms. The lowest BCUT2D eigenvalue weighted by Gasteiger charge is -2.45. The van der Waals surface area contributed by atoms with Gasteiger partial charge in [-0.2, -0.15) is 0 Å². The van der Waals surface area contributed by atoms with Gasteiger partial charge in [0.25, 0.3) is 0 Å². The third kappa shape index (κ3) is 1.03. The number of aliphatic hydroxyl groups is 1. The van der Waals surface area contributed by atoms with Crippen molar-refractivity contribution in [3.05, 3.63) is 0 Å². The summed E-state index contributed by atoms with van der Waals surface area (Å²) in [6, 6.07) is 0. The molecule has 3 aliphatic carbocycles. The van der Waals surface area contributed by atoms with Crippen LogP contribution in [0, 0.1) is 29.1 Å². The molecule has 5 unspecified atom stereocenters. The monoisotopic (exact) mass is 208 g/mol. The minimum Gasteiger partial charge on any atom is -0.392 e. The number of aliphatic hydroxyl groups excluding tert-OH is 1. The van der Waals surface area contributed by atoms with E-state index in [0.29, 0.717) is 11.3 Å². The Kier molecular flexibility index (Phi) is 2.18. The molecule has 86 valence electrons. The maximum Gasteiger partial charge on any atom is 0.0629 e. The quantitative estimate of drug-likeness (QED) is 0.738. The van der Waals surface area contributed by atoms with Crippen LogP contribution >= 0.6 is 0 Å². The predicted molar refractivity (Wildman–Crippen MR) is 61.4 cm³/mol. The second kappa shape index (κ2) is 3.23. The molecule has 0 aromatic rings. The van der Waals surface area contributed by atoms with Crippen LogP contribution in [0.2, 0.25) is 0 Å². The summed E-state index contributed by atoms with van der Waals surface area (Å²) in [5, 5.41) is 10.6. The standard InChI is InChI=1S/C14H24O/c1-3-14(4-2)12-8-11(13(14)15)9-6-5-7-10(9)12/h9-13,15H,3-8H2,1-2H3. The molecule has 0 saturated heterocycles. The van der Waals surface area contributed by atoms with Gasteiger partial charge in [-0.05, 0) is 61.2 Å². The molecule has 3 saturated carbocycles. The Morgan fingerprint density at radius 3 is 2.40 bits per heavy atom. The minimum absolute atomic E-state index is 0.0249. The first kappa shape index (κ1) is 10.1. The smallest absolute Gasteiger partial charge is 0.0629 e. The van der Waals surface area contributed by atoms with Crippen LogP contribution in [0.3, 0.4) is 0 Å². The third-order valence-corrected chi connectivity index (χ3v) is 6.27. The lowest BCUT2D eigenvalue weighted by Crippen LogP contribution is -2.45. The average molecular weight is 208 g/mol. The van der Waals surface area contributed by atoms with E-state index in [2.05, 4.69) is 13.8 Å². The maximum absolute atomic E-state index is 10.6. The zero-order chi connectivity index (χ0) is 10.6. The number of hydrogen-bond donors (Lipinski definition) is 1. The van der Waals surface area contributed by atoms with Gasteiger partial charge in [0.05, 0.1) is 6.10 Å². The Balaban J connectivity index is 1.95. The van der Waals surface area contributed by atoms with E-state index in [1.54, 1.807) is 0 Å². The fourth-order valence-electron chi connectivity index (χ4n) is 5.55. The van der Waals surface area contributed by atoms with Crippen LogP contribution in [-0.2, 0) is 0 Å². The largest absolute Gasteiger partial charge is 0.392 e. The van der Waals surface area contributed by atoms with Crippen molar-refractivity contribution in [2.45, 2.75) is 58.5 Å². The molecule has 5 atom stereocenters. The Bertz CT molecular complexity index is 256. The number of rotatable bonds is 2. The summed E-state index contributed by atoms with van der Waals surface area (Å²) in [7, 11) is 0. The molecule has 1 heteroatoms. The van der Waals surface area contributed by atoms with E-state index < -0.39 is 0 Å². The predicted octanol–water partition coefficient (Wildman–Crippen LogP) is 3.22. The summed E-state index contributed by atoms with van der Waals surface area (Å²) in [6.07, 6.45) is 8.05. The van der Waals surface area contributed by atoms with Crippen LogP contribution in [0.15, 0.2) is 0 Å². The van der Waals surface area contributed by atoms with Gasteiger partial charge in [0, 0.05) is 0 Å². The maximum atomic E-state index is 10.6. The molecule has 1 N–H and O–H groups in total. The van der Waals surface area contributed by atoms with Gasteiger partial charge in [-0.3, -0.25) is 0 Å². The highest BCUT2D eigenvalue weighted by molar-refractivity contribution is 5.13.